The third-order valence-electron chi connectivity index (χ3n) is 6.39. The smallest absolute Gasteiger partial charge is 0.414 e. The van der Waals surface area contributed by atoms with Crippen molar-refractivity contribution in [2.75, 3.05) is 9.62 Å². The van der Waals surface area contributed by atoms with Crippen molar-refractivity contribution in [3.63, 3.8) is 0 Å². The largest absolute Gasteiger partial charge is 0.416 e. The first-order chi connectivity index (χ1) is 21.2. The van der Waals surface area contributed by atoms with Crippen LogP contribution in [0.5, 0.6) is 0 Å². The Labute approximate surface area is 258 Å². The van der Waals surface area contributed by atoms with E-state index in [-0.39, 0.29) is 28.4 Å². The van der Waals surface area contributed by atoms with Gasteiger partial charge in [-0.2, -0.15) is 31.3 Å². The van der Waals surface area contributed by atoms with Crippen molar-refractivity contribution in [2.24, 2.45) is 0 Å². The van der Waals surface area contributed by atoms with Crippen molar-refractivity contribution in [1.82, 2.24) is 4.98 Å². The SMILES string of the molecule is Cc1ccc(S(=O)(=O)N(Cc2ccccc2)c2nc(Nc3cc(C(F)(F)F)cc(C(F)(F)F)c3)oc2Sc2ccccc2)cc1. The molecule has 0 atom stereocenters. The van der Waals surface area contributed by atoms with Gasteiger partial charge in [-0.25, -0.2) is 12.7 Å². The number of alkyl halides is 6. The lowest BCUT2D eigenvalue weighted by Gasteiger charge is -2.23. The van der Waals surface area contributed by atoms with Gasteiger partial charge in [0, 0.05) is 10.6 Å². The minimum Gasteiger partial charge on any atom is -0.414 e. The first kappa shape index (κ1) is 32.0. The maximum Gasteiger partial charge on any atom is 0.416 e. The summed E-state index contributed by atoms with van der Waals surface area (Å²) in [6.07, 6.45) is -10.2. The Balaban J connectivity index is 1.65. The molecule has 0 saturated carbocycles. The second-order valence-corrected chi connectivity index (χ2v) is 12.7. The van der Waals surface area contributed by atoms with Gasteiger partial charge in [0.15, 0.2) is 5.82 Å². The van der Waals surface area contributed by atoms with Crippen LogP contribution in [0, 0.1) is 6.92 Å². The van der Waals surface area contributed by atoms with Gasteiger partial charge in [-0.1, -0.05) is 66.2 Å². The fourth-order valence-corrected chi connectivity index (χ4v) is 6.52. The Kier molecular flexibility index (Phi) is 8.90. The van der Waals surface area contributed by atoms with E-state index in [1.54, 1.807) is 79.7 Å². The predicted octanol–water partition coefficient (Wildman–Crippen LogP) is 9.31. The lowest BCUT2D eigenvalue weighted by molar-refractivity contribution is -0.143. The van der Waals surface area contributed by atoms with E-state index in [0.717, 1.165) is 21.6 Å². The highest BCUT2D eigenvalue weighted by Crippen LogP contribution is 2.42. The summed E-state index contributed by atoms with van der Waals surface area (Å²) < 4.78 is 116. The molecule has 0 aliphatic heterocycles. The molecule has 0 bridgehead atoms. The number of halogens is 6. The first-order valence-corrected chi connectivity index (χ1v) is 15.4. The number of hydrogen-bond acceptors (Lipinski definition) is 6. The second-order valence-electron chi connectivity index (χ2n) is 9.78. The maximum atomic E-state index is 14.1. The summed E-state index contributed by atoms with van der Waals surface area (Å²) in [5.41, 5.74) is -2.31. The van der Waals surface area contributed by atoms with Crippen LogP contribution in [-0.4, -0.2) is 13.4 Å². The van der Waals surface area contributed by atoms with Crippen LogP contribution in [0.3, 0.4) is 0 Å². The van der Waals surface area contributed by atoms with Crippen LogP contribution in [0.25, 0.3) is 0 Å². The van der Waals surface area contributed by atoms with E-state index in [9.17, 15) is 34.8 Å². The molecule has 0 fully saturated rings. The Morgan fingerprint density at radius 1 is 0.800 bits per heavy atom. The van der Waals surface area contributed by atoms with Crippen LogP contribution in [0.1, 0.15) is 22.3 Å². The zero-order valence-corrected chi connectivity index (χ0v) is 24.9. The number of rotatable bonds is 9. The van der Waals surface area contributed by atoms with E-state index < -0.39 is 45.2 Å². The van der Waals surface area contributed by atoms with Crippen molar-refractivity contribution in [1.29, 1.82) is 0 Å². The molecule has 45 heavy (non-hydrogen) atoms. The molecular formula is C31H23F6N3O3S2. The molecular weight excluding hydrogens is 640 g/mol. The van der Waals surface area contributed by atoms with Gasteiger partial charge in [0.1, 0.15) is 0 Å². The van der Waals surface area contributed by atoms with Gasteiger partial charge in [0.25, 0.3) is 10.0 Å². The lowest BCUT2D eigenvalue weighted by atomic mass is 10.1. The maximum absolute atomic E-state index is 14.1. The van der Waals surface area contributed by atoms with Crippen LogP contribution < -0.4 is 9.62 Å². The molecule has 1 N–H and O–H groups in total. The van der Waals surface area contributed by atoms with Crippen LogP contribution in [0.2, 0.25) is 0 Å². The first-order valence-electron chi connectivity index (χ1n) is 13.1. The number of nitrogens with zero attached hydrogens (tertiary/aromatic N) is 2. The number of anilines is 3. The highest BCUT2D eigenvalue weighted by Gasteiger charge is 2.37. The fourth-order valence-electron chi connectivity index (χ4n) is 4.18. The normalized spacial score (nSPS) is 12.2. The van der Waals surface area contributed by atoms with Crippen LogP contribution in [0.4, 0.5) is 43.9 Å². The third kappa shape index (κ3) is 7.63. The number of nitrogens with one attached hydrogen (secondary N) is 1. The average Bonchev–Trinajstić information content (AvgIpc) is 3.37. The highest BCUT2D eigenvalue weighted by atomic mass is 32.2. The summed E-state index contributed by atoms with van der Waals surface area (Å²) in [6, 6.07) is 23.7. The molecule has 0 spiro atoms. The van der Waals surface area contributed by atoms with Gasteiger partial charge in [-0.05, 0) is 66.7 Å². The van der Waals surface area contributed by atoms with Crippen LogP contribution >= 0.6 is 11.8 Å². The molecule has 14 heteroatoms. The van der Waals surface area contributed by atoms with E-state index in [4.69, 9.17) is 4.42 Å². The monoisotopic (exact) mass is 663 g/mol. The average molecular weight is 664 g/mol. The van der Waals surface area contributed by atoms with Gasteiger partial charge in [0.2, 0.25) is 5.09 Å². The predicted molar refractivity (Wildman–Crippen MR) is 158 cm³/mol. The van der Waals surface area contributed by atoms with Crippen LogP contribution in [0.15, 0.2) is 122 Å². The molecule has 4 aromatic carbocycles. The minimum absolute atomic E-state index is 0.00139. The topological polar surface area (TPSA) is 75.4 Å². The number of sulfonamides is 1. The Morgan fingerprint density at radius 3 is 1.91 bits per heavy atom. The highest BCUT2D eigenvalue weighted by molar-refractivity contribution is 7.99. The molecule has 0 aliphatic carbocycles. The number of benzene rings is 4. The molecule has 5 aromatic rings. The second kappa shape index (κ2) is 12.5. The molecule has 0 amide bonds. The third-order valence-corrected chi connectivity index (χ3v) is 9.10. The number of aromatic nitrogens is 1. The molecule has 234 valence electrons. The summed E-state index contributed by atoms with van der Waals surface area (Å²) >= 11 is 0.978. The number of aryl methyl sites for hydroxylation is 1. The summed E-state index contributed by atoms with van der Waals surface area (Å²) in [5, 5.41) is 2.31. The van der Waals surface area contributed by atoms with Gasteiger partial charge in [-0.15, -0.1) is 0 Å². The number of hydrogen-bond donors (Lipinski definition) is 1. The molecule has 0 radical (unpaired) electrons. The van der Waals surface area contributed by atoms with Crippen molar-refractivity contribution in [3.05, 3.63) is 125 Å². The zero-order chi connectivity index (χ0) is 32.4. The summed E-state index contributed by atoms with van der Waals surface area (Å²) in [7, 11) is -4.32. The fraction of sp³-hybridized carbons (Fsp3) is 0.129. The summed E-state index contributed by atoms with van der Waals surface area (Å²) in [5.74, 6) is -0.223. The van der Waals surface area contributed by atoms with E-state index in [1.165, 1.54) is 12.1 Å². The molecule has 0 aliphatic rings. The van der Waals surface area contributed by atoms with Crippen molar-refractivity contribution >= 4 is 39.3 Å². The van der Waals surface area contributed by atoms with E-state index >= 15 is 0 Å². The van der Waals surface area contributed by atoms with E-state index in [2.05, 4.69) is 10.3 Å². The quantitative estimate of drug-likeness (QED) is 0.159. The zero-order valence-electron chi connectivity index (χ0n) is 23.2. The van der Waals surface area contributed by atoms with Gasteiger partial charge >= 0.3 is 18.4 Å². The molecule has 0 saturated heterocycles. The molecule has 5 rings (SSSR count). The lowest BCUT2D eigenvalue weighted by Crippen LogP contribution is -2.31. The van der Waals surface area contributed by atoms with Crippen molar-refractivity contribution < 1.29 is 39.2 Å². The summed E-state index contributed by atoms with van der Waals surface area (Å²) in [4.78, 5) is 4.82. The Bertz CT molecular complexity index is 1850. The van der Waals surface area contributed by atoms with Gasteiger partial charge < -0.3 is 9.73 Å². The minimum atomic E-state index is -5.08. The Morgan fingerprint density at radius 2 is 1.36 bits per heavy atom. The Hall–Kier alpha value is -4.43. The number of oxazole rings is 1. The standard InChI is InChI=1S/C31H23F6N3O3S2/c1-20-12-14-26(15-13-20)45(41,42)40(19-21-8-4-2-5-9-21)27-28(44-25-10-6-3-7-11-25)43-29(39-27)38-24-17-22(30(32,33)34)16-23(18-24)31(35,36)37/h2-18H,19H2,1H3,(H,38,39). The van der Waals surface area contributed by atoms with E-state index in [1.807, 2.05) is 0 Å². The van der Waals surface area contributed by atoms with Crippen molar-refractivity contribution in [2.45, 2.75) is 40.7 Å². The van der Waals surface area contributed by atoms with E-state index in [0.29, 0.717) is 22.6 Å². The van der Waals surface area contributed by atoms with Crippen molar-refractivity contribution in [3.8, 4) is 0 Å². The molecule has 6 nitrogen and oxygen atoms in total. The molecule has 1 heterocycles. The van der Waals surface area contributed by atoms with Gasteiger partial charge in [0.05, 0.1) is 22.6 Å². The molecule has 0 unspecified atom stereocenters. The summed E-state index contributed by atoms with van der Waals surface area (Å²) in [6.45, 7) is 1.58. The van der Waals surface area contributed by atoms with Gasteiger partial charge in [-0.3, -0.25) is 0 Å². The molecule has 1 aromatic heterocycles. The van der Waals surface area contributed by atoms with Crippen LogP contribution in [-0.2, 0) is 28.9 Å².